The number of aromatic nitrogens is 4. The van der Waals surface area contributed by atoms with Gasteiger partial charge in [-0.1, -0.05) is 44.2 Å². The first-order chi connectivity index (χ1) is 13.4. The van der Waals surface area contributed by atoms with Crippen LogP contribution in [0.2, 0.25) is 0 Å². The summed E-state index contributed by atoms with van der Waals surface area (Å²) in [5.74, 6) is 0.184. The standard InChI is InChI=1S/C22H26N4O2/c1-6-18-16(5)25-26(22-23-14(3)13-15(4)24-22)20(18)28-21(27)19(7-2)17-11-9-8-10-12-17/h8-13,19H,6-7H2,1-5H3/t19-/m1/s1. The zero-order chi connectivity index (χ0) is 20.3. The molecule has 6 nitrogen and oxygen atoms in total. The van der Waals surface area contributed by atoms with Crippen LogP contribution in [0, 0.1) is 20.8 Å². The SMILES string of the molecule is CCc1c(C)nn(-c2nc(C)cc(C)n2)c1OC(=O)[C@H](CC)c1ccccc1. The van der Waals surface area contributed by atoms with E-state index in [1.165, 1.54) is 0 Å². The lowest BCUT2D eigenvalue weighted by Crippen LogP contribution is -2.21. The Morgan fingerprint density at radius 1 is 1.07 bits per heavy atom. The molecule has 2 heterocycles. The minimum absolute atomic E-state index is 0.297. The van der Waals surface area contributed by atoms with Crippen LogP contribution in [0.4, 0.5) is 0 Å². The Morgan fingerprint density at radius 2 is 1.71 bits per heavy atom. The van der Waals surface area contributed by atoms with Crippen molar-refractivity contribution in [2.45, 2.75) is 53.4 Å². The first kappa shape index (κ1) is 19.7. The first-order valence-corrected chi connectivity index (χ1v) is 9.62. The number of esters is 1. The lowest BCUT2D eigenvalue weighted by Gasteiger charge is -2.15. The number of aryl methyl sites for hydroxylation is 3. The summed E-state index contributed by atoms with van der Waals surface area (Å²) in [6.07, 6.45) is 1.35. The first-order valence-electron chi connectivity index (χ1n) is 9.62. The van der Waals surface area contributed by atoms with E-state index < -0.39 is 0 Å². The van der Waals surface area contributed by atoms with E-state index in [2.05, 4.69) is 15.1 Å². The number of rotatable bonds is 6. The minimum Gasteiger partial charge on any atom is -0.406 e. The predicted molar refractivity (Wildman–Crippen MR) is 108 cm³/mol. The quantitative estimate of drug-likeness (QED) is 0.600. The molecule has 146 valence electrons. The molecule has 1 aromatic carbocycles. The molecule has 6 heteroatoms. The maximum Gasteiger partial charge on any atom is 0.320 e. The maximum absolute atomic E-state index is 13.0. The molecule has 0 bridgehead atoms. The molecule has 28 heavy (non-hydrogen) atoms. The highest BCUT2D eigenvalue weighted by atomic mass is 16.5. The van der Waals surface area contributed by atoms with E-state index in [1.54, 1.807) is 4.68 Å². The molecule has 3 aromatic rings. The van der Waals surface area contributed by atoms with Crippen LogP contribution in [0.25, 0.3) is 5.95 Å². The molecule has 0 aliphatic rings. The van der Waals surface area contributed by atoms with Crippen molar-refractivity contribution >= 4 is 5.97 Å². The van der Waals surface area contributed by atoms with Gasteiger partial charge in [-0.15, -0.1) is 0 Å². The van der Waals surface area contributed by atoms with Gasteiger partial charge >= 0.3 is 5.97 Å². The summed E-state index contributed by atoms with van der Waals surface area (Å²) in [4.78, 5) is 22.0. The van der Waals surface area contributed by atoms with Crippen molar-refractivity contribution in [2.75, 3.05) is 0 Å². The van der Waals surface area contributed by atoms with Gasteiger partial charge in [-0.05, 0) is 45.2 Å². The molecule has 0 saturated carbocycles. The molecule has 0 N–H and O–H groups in total. The van der Waals surface area contributed by atoms with E-state index in [9.17, 15) is 4.79 Å². The van der Waals surface area contributed by atoms with Gasteiger partial charge in [0.15, 0.2) is 0 Å². The molecule has 1 atom stereocenters. The van der Waals surface area contributed by atoms with Crippen LogP contribution in [0.1, 0.15) is 54.4 Å². The highest BCUT2D eigenvalue weighted by Gasteiger charge is 2.26. The predicted octanol–water partition coefficient (Wildman–Crippen LogP) is 4.25. The van der Waals surface area contributed by atoms with Gasteiger partial charge in [0.1, 0.15) is 0 Å². The Balaban J connectivity index is 2.02. The minimum atomic E-state index is -0.338. The maximum atomic E-state index is 13.0. The van der Waals surface area contributed by atoms with E-state index in [4.69, 9.17) is 4.74 Å². The Hall–Kier alpha value is -3.02. The van der Waals surface area contributed by atoms with Gasteiger partial charge in [-0.2, -0.15) is 9.78 Å². The molecule has 2 aromatic heterocycles. The van der Waals surface area contributed by atoms with Crippen LogP contribution in [-0.4, -0.2) is 25.7 Å². The largest absolute Gasteiger partial charge is 0.406 e. The Kier molecular flexibility index (Phi) is 5.87. The van der Waals surface area contributed by atoms with Crippen LogP contribution in [0.3, 0.4) is 0 Å². The second-order valence-corrected chi connectivity index (χ2v) is 6.88. The van der Waals surface area contributed by atoms with Crippen LogP contribution in [0.15, 0.2) is 36.4 Å². The lowest BCUT2D eigenvalue weighted by atomic mass is 9.97. The number of ether oxygens (including phenoxy) is 1. The van der Waals surface area contributed by atoms with Crippen LogP contribution < -0.4 is 4.74 Å². The molecule has 0 unspecified atom stereocenters. The summed E-state index contributed by atoms with van der Waals surface area (Å²) in [5.41, 5.74) is 4.31. The number of hydrogen-bond acceptors (Lipinski definition) is 5. The third kappa shape index (κ3) is 3.96. The zero-order valence-electron chi connectivity index (χ0n) is 17.1. The summed E-state index contributed by atoms with van der Waals surface area (Å²) in [6, 6.07) is 11.6. The lowest BCUT2D eigenvalue weighted by molar-refractivity contribution is -0.136. The monoisotopic (exact) mass is 378 g/mol. The average molecular weight is 378 g/mol. The fourth-order valence-electron chi connectivity index (χ4n) is 3.38. The highest BCUT2D eigenvalue weighted by molar-refractivity contribution is 5.80. The second kappa shape index (κ2) is 8.33. The normalized spacial score (nSPS) is 12.0. The number of hydrogen-bond donors (Lipinski definition) is 0. The van der Waals surface area contributed by atoms with Gasteiger partial charge in [0, 0.05) is 17.0 Å². The summed E-state index contributed by atoms with van der Waals surface area (Å²) in [7, 11) is 0. The summed E-state index contributed by atoms with van der Waals surface area (Å²) < 4.78 is 7.46. The van der Waals surface area contributed by atoms with Crippen LogP contribution in [0.5, 0.6) is 5.88 Å². The van der Waals surface area contributed by atoms with E-state index in [1.807, 2.05) is 71.0 Å². The van der Waals surface area contributed by atoms with Gasteiger partial charge in [-0.3, -0.25) is 4.79 Å². The van der Waals surface area contributed by atoms with Crippen LogP contribution >= 0.6 is 0 Å². The second-order valence-electron chi connectivity index (χ2n) is 6.88. The molecule has 0 aliphatic heterocycles. The van der Waals surface area contributed by atoms with Gasteiger partial charge in [-0.25, -0.2) is 9.97 Å². The van der Waals surface area contributed by atoms with Crippen molar-refractivity contribution in [2.24, 2.45) is 0 Å². The molecular weight excluding hydrogens is 352 g/mol. The van der Waals surface area contributed by atoms with Gasteiger partial charge < -0.3 is 4.74 Å². The summed E-state index contributed by atoms with van der Waals surface area (Å²) in [6.45, 7) is 9.72. The van der Waals surface area contributed by atoms with Gasteiger partial charge in [0.2, 0.25) is 5.88 Å². The average Bonchev–Trinajstić information content (AvgIpc) is 2.97. The van der Waals surface area contributed by atoms with Crippen molar-refractivity contribution in [3.8, 4) is 11.8 Å². The molecule has 0 aliphatic carbocycles. The zero-order valence-corrected chi connectivity index (χ0v) is 17.1. The van der Waals surface area contributed by atoms with E-state index >= 15 is 0 Å². The molecule has 0 saturated heterocycles. The topological polar surface area (TPSA) is 69.9 Å². The number of carbonyl (C=O) groups excluding carboxylic acids is 1. The van der Waals surface area contributed by atoms with Crippen LogP contribution in [-0.2, 0) is 11.2 Å². The number of nitrogens with zero attached hydrogens (tertiary/aromatic N) is 4. The van der Waals surface area contributed by atoms with Crippen molar-refractivity contribution in [3.63, 3.8) is 0 Å². The Morgan fingerprint density at radius 3 is 2.29 bits per heavy atom. The van der Waals surface area contributed by atoms with E-state index in [0.717, 1.165) is 28.2 Å². The van der Waals surface area contributed by atoms with Crippen molar-refractivity contribution in [1.29, 1.82) is 0 Å². The van der Waals surface area contributed by atoms with E-state index in [-0.39, 0.29) is 11.9 Å². The summed E-state index contributed by atoms with van der Waals surface area (Å²) in [5, 5.41) is 4.56. The Labute approximate surface area is 165 Å². The smallest absolute Gasteiger partial charge is 0.320 e. The molecule has 0 fully saturated rings. The number of benzene rings is 1. The fourth-order valence-corrected chi connectivity index (χ4v) is 3.38. The third-order valence-corrected chi connectivity index (χ3v) is 4.74. The molecule has 0 radical (unpaired) electrons. The van der Waals surface area contributed by atoms with Gasteiger partial charge in [0.25, 0.3) is 5.95 Å². The molecule has 0 amide bonds. The third-order valence-electron chi connectivity index (χ3n) is 4.74. The molecular formula is C22H26N4O2. The highest BCUT2D eigenvalue weighted by Crippen LogP contribution is 2.29. The van der Waals surface area contributed by atoms with Crippen molar-refractivity contribution in [1.82, 2.24) is 19.7 Å². The number of carbonyl (C=O) groups is 1. The molecule has 3 rings (SSSR count). The molecule has 0 spiro atoms. The van der Waals surface area contributed by atoms with Crippen molar-refractivity contribution in [3.05, 3.63) is 64.6 Å². The summed E-state index contributed by atoms with van der Waals surface area (Å²) >= 11 is 0. The van der Waals surface area contributed by atoms with Gasteiger partial charge in [0.05, 0.1) is 11.6 Å². The van der Waals surface area contributed by atoms with Crippen molar-refractivity contribution < 1.29 is 9.53 Å². The van der Waals surface area contributed by atoms with E-state index in [0.29, 0.717) is 24.7 Å². The Bertz CT molecular complexity index is 959. The fraction of sp³-hybridized carbons (Fsp3) is 0.364.